The molecule has 1 rings (SSSR count). The fourth-order valence-electron chi connectivity index (χ4n) is 0.657. The van der Waals surface area contributed by atoms with Gasteiger partial charge in [-0.25, -0.2) is 4.39 Å². The van der Waals surface area contributed by atoms with E-state index in [-0.39, 0.29) is 5.82 Å². The molecule has 0 fully saturated rings. The van der Waals surface area contributed by atoms with Crippen LogP contribution < -0.4 is 0 Å². The second kappa shape index (κ2) is 5.78. The van der Waals surface area contributed by atoms with Gasteiger partial charge in [0.2, 0.25) is 0 Å². The predicted molar refractivity (Wildman–Crippen MR) is 52.6 cm³/mol. The van der Waals surface area contributed by atoms with Crippen LogP contribution in [0.4, 0.5) is 4.39 Å². The summed E-state index contributed by atoms with van der Waals surface area (Å²) in [5.74, 6) is -0.292. The van der Waals surface area contributed by atoms with Crippen LogP contribution in [0.2, 0.25) is 0 Å². The third kappa shape index (κ3) is 3.54. The second-order valence-electron chi connectivity index (χ2n) is 1.92. The monoisotopic (exact) mass is 186 g/mol. The first kappa shape index (κ1) is 11.2. The van der Waals surface area contributed by atoms with E-state index in [1.807, 2.05) is 13.8 Å². The lowest BCUT2D eigenvalue weighted by atomic mass is 10.2. The van der Waals surface area contributed by atoms with Gasteiger partial charge in [-0.3, -0.25) is 0 Å². The minimum Gasteiger partial charge on any atom is -0.207 e. The van der Waals surface area contributed by atoms with Crippen molar-refractivity contribution >= 4 is 16.6 Å². The van der Waals surface area contributed by atoms with Gasteiger partial charge in [0.05, 0.1) is 0 Å². The van der Waals surface area contributed by atoms with Crippen LogP contribution in [0.1, 0.15) is 19.4 Å². The Labute approximate surface area is 77.7 Å². The van der Waals surface area contributed by atoms with Crippen molar-refractivity contribution in [2.75, 3.05) is 0 Å². The summed E-state index contributed by atoms with van der Waals surface area (Å²) in [5.41, 5.74) is 0.627. The molecule has 0 unspecified atom stereocenters. The molecule has 0 aliphatic carbocycles. The minimum atomic E-state index is -0.292. The summed E-state index contributed by atoms with van der Waals surface area (Å²) in [7, 11) is 0. The molecule has 0 bridgehead atoms. The van der Waals surface area contributed by atoms with E-state index in [0.29, 0.717) is 10.6 Å². The van der Waals surface area contributed by atoms with Crippen molar-refractivity contribution in [1.29, 1.82) is 0 Å². The summed E-state index contributed by atoms with van der Waals surface area (Å²) in [6, 6.07) is 6.01. The summed E-state index contributed by atoms with van der Waals surface area (Å²) in [6.07, 6.45) is 0. The molecule has 0 N–H and O–H groups in total. The van der Waals surface area contributed by atoms with Crippen LogP contribution in [-0.4, -0.2) is 0 Å². The lowest BCUT2D eigenvalue weighted by Crippen LogP contribution is -1.77. The molecule has 0 saturated carbocycles. The van der Waals surface area contributed by atoms with Crippen LogP contribution in [0.15, 0.2) is 30.8 Å². The highest BCUT2D eigenvalue weighted by Crippen LogP contribution is 2.16. The van der Waals surface area contributed by atoms with Gasteiger partial charge < -0.3 is 0 Å². The first-order valence-corrected chi connectivity index (χ1v) is 4.18. The zero-order valence-electron chi connectivity index (χ0n) is 7.27. The highest BCUT2D eigenvalue weighted by Gasteiger charge is 1.94. The highest BCUT2D eigenvalue weighted by molar-refractivity contribution is 6.48. The van der Waals surface area contributed by atoms with Gasteiger partial charge >= 0.3 is 0 Å². The van der Waals surface area contributed by atoms with E-state index >= 15 is 0 Å². The van der Waals surface area contributed by atoms with Gasteiger partial charge in [0.15, 0.2) is 0 Å². The van der Waals surface area contributed by atoms with Crippen LogP contribution >= 0.6 is 11.6 Å². The van der Waals surface area contributed by atoms with Crippen LogP contribution in [0.3, 0.4) is 0 Å². The molecule has 0 spiro atoms. The number of benzene rings is 1. The van der Waals surface area contributed by atoms with Gasteiger partial charge in [-0.05, 0) is 17.7 Å². The quantitative estimate of drug-likeness (QED) is 0.621. The Hall–Kier alpha value is -0.820. The summed E-state index contributed by atoms with van der Waals surface area (Å²) in [5, 5.41) is 0.361. The molecular weight excluding hydrogens is 175 g/mol. The number of hydrogen-bond donors (Lipinski definition) is 0. The van der Waals surface area contributed by atoms with Crippen molar-refractivity contribution in [2.24, 2.45) is 0 Å². The maximum Gasteiger partial charge on any atom is 0.123 e. The van der Waals surface area contributed by atoms with Gasteiger partial charge in [-0.15, -0.1) is 0 Å². The number of halogens is 2. The summed E-state index contributed by atoms with van der Waals surface area (Å²) < 4.78 is 12.4. The smallest absolute Gasteiger partial charge is 0.123 e. The SMILES string of the molecule is C=C(Cl)c1cccc(F)c1.CC. The van der Waals surface area contributed by atoms with Gasteiger partial charge in [-0.2, -0.15) is 0 Å². The lowest BCUT2D eigenvalue weighted by Gasteiger charge is -1.94. The fourth-order valence-corrected chi connectivity index (χ4v) is 0.775. The molecule has 0 amide bonds. The fraction of sp³-hybridized carbons (Fsp3) is 0.200. The van der Waals surface area contributed by atoms with E-state index in [9.17, 15) is 4.39 Å². The first-order chi connectivity index (χ1) is 5.70. The second-order valence-corrected chi connectivity index (χ2v) is 2.37. The maximum absolute atomic E-state index is 12.4. The molecule has 0 atom stereocenters. The molecule has 0 heterocycles. The van der Waals surface area contributed by atoms with Crippen molar-refractivity contribution in [3.8, 4) is 0 Å². The van der Waals surface area contributed by atoms with Crippen LogP contribution in [0, 0.1) is 5.82 Å². The number of rotatable bonds is 1. The van der Waals surface area contributed by atoms with E-state index in [2.05, 4.69) is 6.58 Å². The van der Waals surface area contributed by atoms with Crippen LogP contribution in [0.25, 0.3) is 5.03 Å². The first-order valence-electron chi connectivity index (χ1n) is 3.80. The van der Waals surface area contributed by atoms with E-state index in [4.69, 9.17) is 11.6 Å². The third-order valence-corrected chi connectivity index (χ3v) is 1.36. The molecule has 0 aromatic heterocycles. The zero-order chi connectivity index (χ0) is 9.56. The highest BCUT2D eigenvalue weighted by atomic mass is 35.5. The van der Waals surface area contributed by atoms with Crippen LogP contribution in [-0.2, 0) is 0 Å². The lowest BCUT2D eigenvalue weighted by molar-refractivity contribution is 0.627. The summed E-state index contributed by atoms with van der Waals surface area (Å²) in [4.78, 5) is 0. The Balaban J connectivity index is 0.000000561. The van der Waals surface area contributed by atoms with Crippen molar-refractivity contribution < 1.29 is 4.39 Å². The Kier molecular flexibility index (Phi) is 5.39. The normalized spacial score (nSPS) is 8.33. The predicted octanol–water partition coefficient (Wildman–Crippen LogP) is 4.06. The number of hydrogen-bond acceptors (Lipinski definition) is 0. The molecule has 1 aromatic rings. The molecule has 12 heavy (non-hydrogen) atoms. The Morgan fingerprint density at radius 1 is 1.42 bits per heavy atom. The zero-order valence-corrected chi connectivity index (χ0v) is 8.03. The van der Waals surface area contributed by atoms with Gasteiger partial charge in [0, 0.05) is 5.03 Å². The van der Waals surface area contributed by atoms with Crippen molar-refractivity contribution in [1.82, 2.24) is 0 Å². The molecule has 0 radical (unpaired) electrons. The van der Waals surface area contributed by atoms with E-state index in [0.717, 1.165) is 0 Å². The Morgan fingerprint density at radius 2 is 2.00 bits per heavy atom. The van der Waals surface area contributed by atoms with Crippen molar-refractivity contribution in [3.63, 3.8) is 0 Å². The Bertz CT molecular complexity index is 256. The molecule has 1 aromatic carbocycles. The summed E-state index contributed by atoms with van der Waals surface area (Å²) in [6.45, 7) is 7.47. The van der Waals surface area contributed by atoms with Gasteiger partial charge in [0.1, 0.15) is 5.82 Å². The average molecular weight is 187 g/mol. The van der Waals surface area contributed by atoms with E-state index in [1.165, 1.54) is 12.1 Å². The largest absolute Gasteiger partial charge is 0.207 e. The standard InChI is InChI=1S/C8H6ClF.C2H6/c1-6(9)7-3-2-4-8(10)5-7;1-2/h2-5H,1H2;1-2H3. The Morgan fingerprint density at radius 3 is 2.33 bits per heavy atom. The van der Waals surface area contributed by atoms with Gasteiger partial charge in [-0.1, -0.05) is 44.2 Å². The average Bonchev–Trinajstić information content (AvgIpc) is 2.08. The molecule has 0 aliphatic heterocycles. The maximum atomic E-state index is 12.4. The van der Waals surface area contributed by atoms with Crippen molar-refractivity contribution in [3.05, 3.63) is 42.2 Å². The molecular formula is C10H12ClF. The van der Waals surface area contributed by atoms with E-state index < -0.39 is 0 Å². The van der Waals surface area contributed by atoms with Crippen LogP contribution in [0.5, 0.6) is 0 Å². The summed E-state index contributed by atoms with van der Waals surface area (Å²) >= 11 is 5.51. The third-order valence-electron chi connectivity index (χ3n) is 1.14. The molecule has 0 nitrogen and oxygen atoms in total. The van der Waals surface area contributed by atoms with Gasteiger partial charge in [0.25, 0.3) is 0 Å². The molecule has 0 saturated heterocycles. The van der Waals surface area contributed by atoms with E-state index in [1.54, 1.807) is 12.1 Å². The van der Waals surface area contributed by atoms with Crippen molar-refractivity contribution in [2.45, 2.75) is 13.8 Å². The molecule has 2 heteroatoms. The topological polar surface area (TPSA) is 0 Å². The minimum absolute atomic E-state index is 0.292. The molecule has 0 aliphatic rings. The molecule has 66 valence electrons.